The van der Waals surface area contributed by atoms with Crippen molar-refractivity contribution in [3.05, 3.63) is 33.3 Å². The lowest BCUT2D eigenvalue weighted by Crippen LogP contribution is -2.32. The number of amides is 1. The Hall–Kier alpha value is -0.250. The number of hydrogen-bond donors (Lipinski definition) is 1. The van der Waals surface area contributed by atoms with Gasteiger partial charge in [0.15, 0.2) is 0 Å². The van der Waals surface area contributed by atoms with Crippen LogP contribution in [0.15, 0.2) is 22.7 Å². The van der Waals surface area contributed by atoms with Crippen LogP contribution in [0.4, 0.5) is 0 Å². The summed E-state index contributed by atoms with van der Waals surface area (Å²) in [6.45, 7) is 0.672. The zero-order valence-corrected chi connectivity index (χ0v) is 13.6. The molecule has 0 bridgehead atoms. The number of carbonyl (C=O) groups is 1. The van der Waals surface area contributed by atoms with Crippen molar-refractivity contribution in [1.29, 1.82) is 0 Å². The van der Waals surface area contributed by atoms with Gasteiger partial charge in [0, 0.05) is 16.4 Å². The highest BCUT2D eigenvalue weighted by molar-refractivity contribution is 9.10. The minimum atomic E-state index is -0.122. The van der Waals surface area contributed by atoms with Crippen molar-refractivity contribution in [2.45, 2.75) is 31.1 Å². The van der Waals surface area contributed by atoms with E-state index in [1.165, 1.54) is 0 Å². The molecule has 0 heterocycles. The van der Waals surface area contributed by atoms with Gasteiger partial charge in [0.1, 0.15) is 0 Å². The predicted octanol–water partition coefficient (Wildman–Crippen LogP) is 4.63. The Morgan fingerprint density at radius 3 is 2.95 bits per heavy atom. The third-order valence-corrected chi connectivity index (χ3v) is 4.66. The van der Waals surface area contributed by atoms with E-state index in [2.05, 4.69) is 21.2 Å². The minimum absolute atomic E-state index is 0.122. The van der Waals surface area contributed by atoms with Crippen LogP contribution in [-0.2, 0) is 0 Å². The molecule has 1 N–H and O–H groups in total. The quantitative estimate of drug-likeness (QED) is 0.778. The Labute approximate surface area is 132 Å². The van der Waals surface area contributed by atoms with E-state index in [1.54, 1.807) is 12.1 Å². The van der Waals surface area contributed by atoms with Crippen LogP contribution in [-0.4, -0.2) is 17.8 Å². The SMILES string of the molecule is O=C(NCC1CCCC(Cl)C1)c1cc(Br)ccc1Cl. The van der Waals surface area contributed by atoms with Crippen LogP contribution < -0.4 is 5.32 Å². The summed E-state index contributed by atoms with van der Waals surface area (Å²) in [6, 6.07) is 5.27. The minimum Gasteiger partial charge on any atom is -0.352 e. The third kappa shape index (κ3) is 4.37. The smallest absolute Gasteiger partial charge is 0.252 e. The maximum Gasteiger partial charge on any atom is 0.252 e. The van der Waals surface area contributed by atoms with E-state index in [9.17, 15) is 4.79 Å². The predicted molar refractivity (Wildman–Crippen MR) is 83.1 cm³/mol. The lowest BCUT2D eigenvalue weighted by atomic mass is 9.89. The van der Waals surface area contributed by atoms with Gasteiger partial charge in [-0.2, -0.15) is 0 Å². The van der Waals surface area contributed by atoms with Crippen LogP contribution in [0, 0.1) is 5.92 Å². The normalized spacial score (nSPS) is 23.1. The molecule has 2 atom stereocenters. The standard InChI is InChI=1S/C14H16BrCl2NO/c15-10-4-5-13(17)12(7-10)14(19)18-8-9-2-1-3-11(16)6-9/h4-5,7,9,11H,1-3,6,8H2,(H,18,19). The van der Waals surface area contributed by atoms with Gasteiger partial charge in [-0.05, 0) is 43.4 Å². The highest BCUT2D eigenvalue weighted by Gasteiger charge is 2.21. The molecule has 1 saturated carbocycles. The molecule has 19 heavy (non-hydrogen) atoms. The average molecular weight is 365 g/mol. The van der Waals surface area contributed by atoms with Gasteiger partial charge in [-0.1, -0.05) is 34.0 Å². The Balaban J connectivity index is 1.92. The Morgan fingerprint density at radius 2 is 2.21 bits per heavy atom. The van der Waals surface area contributed by atoms with Gasteiger partial charge in [-0.3, -0.25) is 4.79 Å². The Kier molecular flexibility index (Phi) is 5.55. The lowest BCUT2D eigenvalue weighted by molar-refractivity contribution is 0.0944. The molecular weight excluding hydrogens is 349 g/mol. The second kappa shape index (κ2) is 6.96. The number of rotatable bonds is 3. The number of hydrogen-bond acceptors (Lipinski definition) is 1. The molecule has 1 aromatic carbocycles. The van der Waals surface area contributed by atoms with Crippen LogP contribution in [0.25, 0.3) is 0 Å². The fourth-order valence-electron chi connectivity index (χ4n) is 2.41. The van der Waals surface area contributed by atoms with Crippen molar-refractivity contribution < 1.29 is 4.79 Å². The van der Waals surface area contributed by atoms with E-state index in [-0.39, 0.29) is 11.3 Å². The molecule has 0 aliphatic heterocycles. The molecule has 0 aromatic heterocycles. The number of carbonyl (C=O) groups excluding carboxylic acids is 1. The maximum absolute atomic E-state index is 12.1. The van der Waals surface area contributed by atoms with Crippen LogP contribution in [0.2, 0.25) is 5.02 Å². The number of alkyl halides is 1. The first-order chi connectivity index (χ1) is 9.06. The molecule has 2 unspecified atom stereocenters. The van der Waals surface area contributed by atoms with E-state index in [0.29, 0.717) is 23.0 Å². The first-order valence-corrected chi connectivity index (χ1v) is 8.04. The molecule has 0 radical (unpaired) electrons. The number of benzene rings is 1. The summed E-state index contributed by atoms with van der Waals surface area (Å²) < 4.78 is 0.848. The molecule has 1 aromatic rings. The molecule has 2 nitrogen and oxygen atoms in total. The van der Waals surface area contributed by atoms with Crippen LogP contribution in [0.3, 0.4) is 0 Å². The van der Waals surface area contributed by atoms with Crippen molar-refractivity contribution in [3.8, 4) is 0 Å². The van der Waals surface area contributed by atoms with Gasteiger partial charge in [0.25, 0.3) is 5.91 Å². The van der Waals surface area contributed by atoms with E-state index >= 15 is 0 Å². The van der Waals surface area contributed by atoms with E-state index in [4.69, 9.17) is 23.2 Å². The van der Waals surface area contributed by atoms with E-state index in [0.717, 1.165) is 30.2 Å². The van der Waals surface area contributed by atoms with Gasteiger partial charge in [-0.15, -0.1) is 11.6 Å². The fourth-order valence-corrected chi connectivity index (χ4v) is 3.39. The molecule has 1 aliphatic rings. The van der Waals surface area contributed by atoms with Crippen molar-refractivity contribution in [2.75, 3.05) is 6.54 Å². The summed E-state index contributed by atoms with van der Waals surface area (Å²) in [6.07, 6.45) is 4.35. The van der Waals surface area contributed by atoms with Gasteiger partial charge in [0.2, 0.25) is 0 Å². The summed E-state index contributed by atoms with van der Waals surface area (Å²) in [5.41, 5.74) is 0.509. The van der Waals surface area contributed by atoms with Crippen LogP contribution in [0.1, 0.15) is 36.0 Å². The molecule has 2 rings (SSSR count). The first-order valence-electron chi connectivity index (χ1n) is 6.43. The van der Waals surface area contributed by atoms with Gasteiger partial charge >= 0.3 is 0 Å². The highest BCUT2D eigenvalue weighted by Crippen LogP contribution is 2.27. The zero-order valence-electron chi connectivity index (χ0n) is 10.5. The third-order valence-electron chi connectivity index (χ3n) is 3.44. The zero-order chi connectivity index (χ0) is 13.8. The topological polar surface area (TPSA) is 29.1 Å². The summed E-state index contributed by atoms with van der Waals surface area (Å²) in [4.78, 5) is 12.1. The molecular formula is C14H16BrCl2NO. The number of nitrogens with one attached hydrogen (secondary N) is 1. The molecule has 0 saturated heterocycles. The molecule has 1 amide bonds. The lowest BCUT2D eigenvalue weighted by Gasteiger charge is -2.25. The van der Waals surface area contributed by atoms with Gasteiger partial charge < -0.3 is 5.32 Å². The Morgan fingerprint density at radius 1 is 1.42 bits per heavy atom. The van der Waals surface area contributed by atoms with Crippen LogP contribution >= 0.6 is 39.1 Å². The molecule has 1 fully saturated rings. The van der Waals surface area contributed by atoms with Crippen molar-refractivity contribution in [2.24, 2.45) is 5.92 Å². The largest absolute Gasteiger partial charge is 0.352 e. The molecule has 104 valence electrons. The van der Waals surface area contributed by atoms with Gasteiger partial charge in [-0.25, -0.2) is 0 Å². The maximum atomic E-state index is 12.1. The Bertz CT molecular complexity index is 467. The molecule has 5 heteroatoms. The second-order valence-electron chi connectivity index (χ2n) is 4.96. The van der Waals surface area contributed by atoms with Crippen molar-refractivity contribution in [3.63, 3.8) is 0 Å². The van der Waals surface area contributed by atoms with Crippen molar-refractivity contribution in [1.82, 2.24) is 5.32 Å². The number of halogens is 3. The summed E-state index contributed by atoms with van der Waals surface area (Å²) in [5.74, 6) is 0.356. The second-order valence-corrected chi connectivity index (χ2v) is 6.90. The average Bonchev–Trinajstić information content (AvgIpc) is 2.39. The highest BCUT2D eigenvalue weighted by atomic mass is 79.9. The molecule has 0 spiro atoms. The molecule has 1 aliphatic carbocycles. The fraction of sp³-hybridized carbons (Fsp3) is 0.500. The summed E-state index contributed by atoms with van der Waals surface area (Å²) in [5, 5.41) is 3.68. The van der Waals surface area contributed by atoms with E-state index in [1.807, 2.05) is 6.07 Å². The monoisotopic (exact) mass is 363 g/mol. The summed E-state index contributed by atoms with van der Waals surface area (Å²) in [7, 11) is 0. The van der Waals surface area contributed by atoms with Crippen LogP contribution in [0.5, 0.6) is 0 Å². The van der Waals surface area contributed by atoms with Crippen molar-refractivity contribution >= 4 is 45.0 Å². The summed E-state index contributed by atoms with van der Waals surface area (Å²) >= 11 is 15.5. The first kappa shape index (κ1) is 15.1. The van der Waals surface area contributed by atoms with Gasteiger partial charge in [0.05, 0.1) is 10.6 Å². The van der Waals surface area contributed by atoms with E-state index < -0.39 is 0 Å².